The molecule has 0 aromatic heterocycles. The van der Waals surface area contributed by atoms with Crippen molar-refractivity contribution in [2.24, 2.45) is 17.8 Å². The van der Waals surface area contributed by atoms with Crippen molar-refractivity contribution in [1.29, 1.82) is 0 Å². The van der Waals surface area contributed by atoms with Crippen LogP contribution in [0.25, 0.3) is 0 Å². The van der Waals surface area contributed by atoms with Gasteiger partial charge in [0, 0.05) is 0 Å². The van der Waals surface area contributed by atoms with E-state index in [1.165, 1.54) is 57.8 Å². The molecule has 0 nitrogen and oxygen atoms in total. The zero-order valence-corrected chi connectivity index (χ0v) is 14.3. The lowest BCUT2D eigenvalue weighted by Gasteiger charge is -2.21. The van der Waals surface area contributed by atoms with E-state index in [2.05, 4.69) is 32.1 Å². The Morgan fingerprint density at radius 3 is 2.64 bits per heavy atom. The van der Waals surface area contributed by atoms with E-state index in [4.69, 9.17) is 0 Å². The SMILES string of the molecule is CC1CCC2=CC(CCC3=CC4=C(CCC(C)C4)C3)C=C2C1. The summed E-state index contributed by atoms with van der Waals surface area (Å²) >= 11 is 0. The summed E-state index contributed by atoms with van der Waals surface area (Å²) in [5.74, 6) is 2.54. The van der Waals surface area contributed by atoms with Gasteiger partial charge >= 0.3 is 0 Å². The van der Waals surface area contributed by atoms with Crippen LogP contribution in [0.15, 0.2) is 46.1 Å². The van der Waals surface area contributed by atoms with Crippen LogP contribution in [-0.2, 0) is 0 Å². The maximum Gasteiger partial charge on any atom is -0.00386 e. The van der Waals surface area contributed by atoms with E-state index < -0.39 is 0 Å². The zero-order chi connectivity index (χ0) is 15.1. The average molecular weight is 294 g/mol. The van der Waals surface area contributed by atoms with E-state index in [1.54, 1.807) is 27.9 Å². The van der Waals surface area contributed by atoms with Crippen molar-refractivity contribution in [1.82, 2.24) is 0 Å². The number of rotatable bonds is 3. The monoisotopic (exact) mass is 294 g/mol. The lowest BCUT2D eigenvalue weighted by Crippen LogP contribution is -2.05. The quantitative estimate of drug-likeness (QED) is 0.556. The van der Waals surface area contributed by atoms with Crippen LogP contribution in [0.3, 0.4) is 0 Å². The van der Waals surface area contributed by atoms with Gasteiger partial charge in [0.25, 0.3) is 0 Å². The second kappa shape index (κ2) is 5.87. The summed E-state index contributed by atoms with van der Waals surface area (Å²) in [5.41, 5.74) is 8.59. The Morgan fingerprint density at radius 1 is 0.955 bits per heavy atom. The largest absolute Gasteiger partial charge is 0.0741 e. The molecule has 4 aliphatic carbocycles. The van der Waals surface area contributed by atoms with E-state index in [0.29, 0.717) is 0 Å². The fourth-order valence-electron chi connectivity index (χ4n) is 4.92. The highest BCUT2D eigenvalue weighted by Crippen LogP contribution is 2.42. The second-order valence-corrected chi connectivity index (χ2v) is 8.39. The molecule has 4 aliphatic rings. The summed E-state index contributed by atoms with van der Waals surface area (Å²) in [6, 6.07) is 0. The fourth-order valence-corrected chi connectivity index (χ4v) is 4.92. The smallest absolute Gasteiger partial charge is 0.00386 e. The Morgan fingerprint density at radius 2 is 1.73 bits per heavy atom. The minimum Gasteiger partial charge on any atom is -0.0741 e. The van der Waals surface area contributed by atoms with Gasteiger partial charge in [0.1, 0.15) is 0 Å². The maximum absolute atomic E-state index is 2.59. The Labute approximate surface area is 136 Å². The average Bonchev–Trinajstić information content (AvgIpc) is 3.07. The first-order valence-corrected chi connectivity index (χ1v) is 9.49. The summed E-state index contributed by atoms with van der Waals surface area (Å²) < 4.78 is 0. The topological polar surface area (TPSA) is 0 Å². The summed E-state index contributed by atoms with van der Waals surface area (Å²) in [6.07, 6.45) is 19.9. The van der Waals surface area contributed by atoms with E-state index in [1.807, 2.05) is 0 Å². The Hall–Kier alpha value is -1.04. The van der Waals surface area contributed by atoms with E-state index in [-0.39, 0.29) is 0 Å². The molecule has 1 saturated carbocycles. The molecule has 0 spiro atoms. The number of allylic oxidation sites excluding steroid dienone is 8. The molecule has 3 atom stereocenters. The molecule has 0 saturated heterocycles. The van der Waals surface area contributed by atoms with Gasteiger partial charge < -0.3 is 0 Å². The lowest BCUT2D eigenvalue weighted by atomic mass is 9.85. The van der Waals surface area contributed by atoms with Crippen LogP contribution in [0, 0.1) is 17.8 Å². The van der Waals surface area contributed by atoms with Crippen LogP contribution in [-0.4, -0.2) is 0 Å². The second-order valence-electron chi connectivity index (χ2n) is 8.39. The van der Waals surface area contributed by atoms with E-state index in [9.17, 15) is 0 Å². The number of fused-ring (bicyclic) bond motifs is 1. The van der Waals surface area contributed by atoms with Gasteiger partial charge in [-0.2, -0.15) is 0 Å². The molecule has 118 valence electrons. The van der Waals surface area contributed by atoms with Crippen molar-refractivity contribution < 1.29 is 0 Å². The standard InChI is InChI=1S/C22H30/c1-15-3-7-19-11-17(13-21(19)9-15)5-6-18-12-20-8-4-16(2)10-22(20)14-18/h11,13-17H,3-10,12H2,1-2H3. The molecule has 0 N–H and O–H groups in total. The Balaban J connectivity index is 1.34. The molecule has 0 amide bonds. The van der Waals surface area contributed by atoms with Gasteiger partial charge in [-0.3, -0.25) is 0 Å². The number of hydrogen-bond donors (Lipinski definition) is 0. The molecular weight excluding hydrogens is 264 g/mol. The van der Waals surface area contributed by atoms with E-state index >= 15 is 0 Å². The summed E-state index contributed by atoms with van der Waals surface area (Å²) in [6.45, 7) is 4.82. The minimum absolute atomic E-state index is 0.729. The van der Waals surface area contributed by atoms with Crippen molar-refractivity contribution in [2.75, 3.05) is 0 Å². The van der Waals surface area contributed by atoms with Crippen LogP contribution in [0.4, 0.5) is 0 Å². The van der Waals surface area contributed by atoms with Crippen LogP contribution in [0.1, 0.15) is 71.6 Å². The third-order valence-corrected chi connectivity index (χ3v) is 6.30. The normalized spacial score (nSPS) is 34.1. The summed E-state index contributed by atoms with van der Waals surface area (Å²) in [7, 11) is 0. The van der Waals surface area contributed by atoms with Crippen molar-refractivity contribution >= 4 is 0 Å². The third-order valence-electron chi connectivity index (χ3n) is 6.30. The van der Waals surface area contributed by atoms with Gasteiger partial charge in [-0.1, -0.05) is 43.2 Å². The van der Waals surface area contributed by atoms with Crippen molar-refractivity contribution in [3.8, 4) is 0 Å². The Kier molecular flexibility index (Phi) is 3.88. The first-order chi connectivity index (χ1) is 10.7. The predicted octanol–water partition coefficient (Wildman–Crippen LogP) is 6.52. The molecule has 0 heterocycles. The van der Waals surface area contributed by atoms with Gasteiger partial charge in [0.15, 0.2) is 0 Å². The molecule has 0 bridgehead atoms. The first-order valence-electron chi connectivity index (χ1n) is 9.49. The molecule has 0 radical (unpaired) electrons. The molecule has 4 rings (SSSR count). The molecule has 1 fully saturated rings. The van der Waals surface area contributed by atoms with Crippen molar-refractivity contribution in [3.05, 3.63) is 46.1 Å². The maximum atomic E-state index is 2.59. The predicted molar refractivity (Wildman–Crippen MR) is 94.6 cm³/mol. The van der Waals surface area contributed by atoms with Crippen LogP contribution in [0.2, 0.25) is 0 Å². The van der Waals surface area contributed by atoms with Crippen LogP contribution in [0.5, 0.6) is 0 Å². The fraction of sp³-hybridized carbons (Fsp3) is 0.636. The van der Waals surface area contributed by atoms with Gasteiger partial charge in [0.2, 0.25) is 0 Å². The lowest BCUT2D eigenvalue weighted by molar-refractivity contribution is 0.499. The highest BCUT2D eigenvalue weighted by molar-refractivity contribution is 5.42. The van der Waals surface area contributed by atoms with Crippen LogP contribution < -0.4 is 0 Å². The minimum atomic E-state index is 0.729. The highest BCUT2D eigenvalue weighted by atomic mass is 14.3. The number of hydrogen-bond acceptors (Lipinski definition) is 0. The van der Waals surface area contributed by atoms with Crippen molar-refractivity contribution in [2.45, 2.75) is 71.6 Å². The Bertz CT molecular complexity index is 581. The molecule has 22 heavy (non-hydrogen) atoms. The molecule has 0 heteroatoms. The molecule has 0 aromatic rings. The van der Waals surface area contributed by atoms with Gasteiger partial charge in [-0.15, -0.1) is 0 Å². The molecule has 0 aliphatic heterocycles. The first kappa shape index (κ1) is 14.5. The van der Waals surface area contributed by atoms with Crippen molar-refractivity contribution in [3.63, 3.8) is 0 Å². The van der Waals surface area contributed by atoms with Gasteiger partial charge in [-0.05, 0) is 92.3 Å². The summed E-state index contributed by atoms with van der Waals surface area (Å²) in [5, 5.41) is 0. The van der Waals surface area contributed by atoms with Gasteiger partial charge in [0.05, 0.1) is 0 Å². The molecule has 0 aromatic carbocycles. The zero-order valence-electron chi connectivity index (χ0n) is 14.3. The summed E-state index contributed by atoms with van der Waals surface area (Å²) in [4.78, 5) is 0. The van der Waals surface area contributed by atoms with E-state index in [0.717, 1.165) is 17.8 Å². The van der Waals surface area contributed by atoms with Crippen LogP contribution >= 0.6 is 0 Å². The highest BCUT2D eigenvalue weighted by Gasteiger charge is 2.25. The molecular formula is C22H30. The molecule has 3 unspecified atom stereocenters. The van der Waals surface area contributed by atoms with Gasteiger partial charge in [-0.25, -0.2) is 0 Å². The third kappa shape index (κ3) is 2.90.